The summed E-state index contributed by atoms with van der Waals surface area (Å²) in [7, 11) is 1.60. The zero-order valence-corrected chi connectivity index (χ0v) is 5.52. The molecule has 1 aliphatic carbocycles. The lowest BCUT2D eigenvalue weighted by atomic mass is 10.1. The fourth-order valence-corrected chi connectivity index (χ4v) is 0.905. The van der Waals surface area contributed by atoms with Crippen molar-refractivity contribution in [2.24, 2.45) is 0 Å². The molecule has 0 amide bonds. The van der Waals surface area contributed by atoms with E-state index in [9.17, 15) is 4.79 Å². The number of ketones is 1. The van der Waals surface area contributed by atoms with Crippen molar-refractivity contribution in [1.29, 1.82) is 0 Å². The zero-order chi connectivity index (χ0) is 6.69. The number of carbonyl (C=O) groups excluding carboxylic acids is 1. The Bertz CT molecular complexity index is 147. The van der Waals surface area contributed by atoms with Crippen LogP contribution in [0.2, 0.25) is 0 Å². The molecule has 2 nitrogen and oxygen atoms in total. The molecule has 0 spiro atoms. The highest BCUT2D eigenvalue weighted by molar-refractivity contribution is 5.81. The van der Waals surface area contributed by atoms with Gasteiger partial charge >= 0.3 is 0 Å². The van der Waals surface area contributed by atoms with E-state index in [0.29, 0.717) is 12.8 Å². The van der Waals surface area contributed by atoms with E-state index < -0.39 is 0 Å². The number of hydrogen-bond acceptors (Lipinski definition) is 2. The number of Topliss-reactive ketones (excluding diaryl/α,β-unsaturated/α-hetero) is 1. The molecule has 0 radical (unpaired) electrons. The monoisotopic (exact) mass is 126 g/mol. The molecular formula is C7H10O2. The van der Waals surface area contributed by atoms with E-state index in [1.807, 2.05) is 6.08 Å². The first-order valence-electron chi connectivity index (χ1n) is 3.07. The van der Waals surface area contributed by atoms with Crippen LogP contribution in [0.15, 0.2) is 11.8 Å². The molecule has 2 heteroatoms. The van der Waals surface area contributed by atoms with Crippen LogP contribution in [0, 0.1) is 0 Å². The van der Waals surface area contributed by atoms with Crippen molar-refractivity contribution in [3.63, 3.8) is 0 Å². The molecule has 9 heavy (non-hydrogen) atoms. The van der Waals surface area contributed by atoms with Crippen molar-refractivity contribution in [1.82, 2.24) is 0 Å². The van der Waals surface area contributed by atoms with Crippen molar-refractivity contribution in [3.05, 3.63) is 11.8 Å². The molecule has 0 N–H and O–H groups in total. The van der Waals surface area contributed by atoms with Gasteiger partial charge in [0.25, 0.3) is 0 Å². The molecule has 0 heterocycles. The Balaban J connectivity index is 2.53. The molecule has 1 aliphatic rings. The first-order chi connectivity index (χ1) is 4.33. The smallest absolute Gasteiger partial charge is 0.140 e. The SMILES string of the molecule is COC1=CCCC(=O)C1. The normalized spacial score (nSPS) is 19.2. The predicted molar refractivity (Wildman–Crippen MR) is 33.9 cm³/mol. The van der Waals surface area contributed by atoms with Crippen LogP contribution >= 0.6 is 0 Å². The Morgan fingerprint density at radius 3 is 2.89 bits per heavy atom. The Morgan fingerprint density at radius 2 is 2.44 bits per heavy atom. The number of rotatable bonds is 1. The van der Waals surface area contributed by atoms with Gasteiger partial charge in [0.15, 0.2) is 0 Å². The molecule has 0 aromatic rings. The number of allylic oxidation sites excluding steroid dienone is 2. The predicted octanol–water partition coefficient (Wildman–Crippen LogP) is 1.27. The fraction of sp³-hybridized carbons (Fsp3) is 0.571. The van der Waals surface area contributed by atoms with Gasteiger partial charge in [0.05, 0.1) is 19.3 Å². The van der Waals surface area contributed by atoms with Crippen LogP contribution < -0.4 is 0 Å². The van der Waals surface area contributed by atoms with E-state index in [-0.39, 0.29) is 5.78 Å². The lowest BCUT2D eigenvalue weighted by Gasteiger charge is -2.09. The Morgan fingerprint density at radius 1 is 1.67 bits per heavy atom. The Kier molecular flexibility index (Phi) is 1.88. The van der Waals surface area contributed by atoms with Crippen LogP contribution in [0.5, 0.6) is 0 Å². The maximum absolute atomic E-state index is 10.7. The molecule has 0 saturated carbocycles. The number of hydrogen-bond donors (Lipinski definition) is 0. The number of ether oxygens (including phenoxy) is 1. The molecule has 0 fully saturated rings. The van der Waals surface area contributed by atoms with E-state index in [4.69, 9.17) is 4.74 Å². The summed E-state index contributed by atoms with van der Waals surface area (Å²) in [6, 6.07) is 0. The Labute approximate surface area is 54.5 Å². The van der Waals surface area contributed by atoms with Gasteiger partial charge in [0, 0.05) is 6.42 Å². The maximum Gasteiger partial charge on any atom is 0.140 e. The third-order valence-corrected chi connectivity index (χ3v) is 1.43. The van der Waals surface area contributed by atoms with Gasteiger partial charge < -0.3 is 4.74 Å². The van der Waals surface area contributed by atoms with Crippen molar-refractivity contribution in [3.8, 4) is 0 Å². The second-order valence-corrected chi connectivity index (χ2v) is 2.13. The maximum atomic E-state index is 10.7. The number of carbonyl (C=O) groups is 1. The van der Waals surface area contributed by atoms with Gasteiger partial charge in [0.1, 0.15) is 5.78 Å². The van der Waals surface area contributed by atoms with Crippen LogP contribution in [-0.2, 0) is 9.53 Å². The lowest BCUT2D eigenvalue weighted by molar-refractivity contribution is -0.119. The average molecular weight is 126 g/mol. The average Bonchev–Trinajstić information content (AvgIpc) is 1.88. The fourth-order valence-electron chi connectivity index (χ4n) is 0.905. The van der Waals surface area contributed by atoms with E-state index in [0.717, 1.165) is 12.2 Å². The number of methoxy groups -OCH3 is 1. The lowest BCUT2D eigenvalue weighted by Crippen LogP contribution is -2.05. The molecule has 0 bridgehead atoms. The van der Waals surface area contributed by atoms with Gasteiger partial charge in [-0.25, -0.2) is 0 Å². The highest BCUT2D eigenvalue weighted by Crippen LogP contribution is 2.13. The minimum absolute atomic E-state index is 0.286. The van der Waals surface area contributed by atoms with Gasteiger partial charge in [-0.1, -0.05) is 0 Å². The summed E-state index contributed by atoms with van der Waals surface area (Å²) < 4.78 is 4.90. The second kappa shape index (κ2) is 2.67. The first kappa shape index (κ1) is 6.33. The van der Waals surface area contributed by atoms with Crippen LogP contribution in [-0.4, -0.2) is 12.9 Å². The summed E-state index contributed by atoms with van der Waals surface area (Å²) in [4.78, 5) is 10.7. The highest BCUT2D eigenvalue weighted by atomic mass is 16.5. The van der Waals surface area contributed by atoms with Crippen LogP contribution in [0.1, 0.15) is 19.3 Å². The van der Waals surface area contributed by atoms with Gasteiger partial charge in [-0.2, -0.15) is 0 Å². The molecule has 0 unspecified atom stereocenters. The summed E-state index contributed by atoms with van der Waals surface area (Å²) in [5, 5.41) is 0. The van der Waals surface area contributed by atoms with Crippen LogP contribution in [0.4, 0.5) is 0 Å². The van der Waals surface area contributed by atoms with Crippen LogP contribution in [0.3, 0.4) is 0 Å². The minimum Gasteiger partial charge on any atom is -0.501 e. The molecular weight excluding hydrogens is 116 g/mol. The molecule has 1 rings (SSSR count). The van der Waals surface area contributed by atoms with E-state index >= 15 is 0 Å². The highest BCUT2D eigenvalue weighted by Gasteiger charge is 2.10. The topological polar surface area (TPSA) is 26.3 Å². The summed E-state index contributed by atoms with van der Waals surface area (Å²) in [5.74, 6) is 1.11. The molecule has 0 saturated heterocycles. The van der Waals surface area contributed by atoms with Gasteiger partial charge in [0.2, 0.25) is 0 Å². The zero-order valence-electron chi connectivity index (χ0n) is 5.52. The summed E-state index contributed by atoms with van der Waals surface area (Å²) in [6.45, 7) is 0. The molecule has 0 atom stereocenters. The van der Waals surface area contributed by atoms with Gasteiger partial charge in [-0.05, 0) is 12.5 Å². The van der Waals surface area contributed by atoms with Crippen molar-refractivity contribution >= 4 is 5.78 Å². The summed E-state index contributed by atoms with van der Waals surface area (Å²) in [5.41, 5.74) is 0. The van der Waals surface area contributed by atoms with Crippen molar-refractivity contribution < 1.29 is 9.53 Å². The van der Waals surface area contributed by atoms with Gasteiger partial charge in [-0.3, -0.25) is 4.79 Å². The summed E-state index contributed by atoms with van der Waals surface area (Å²) in [6.07, 6.45) is 4.01. The molecule has 0 aliphatic heterocycles. The second-order valence-electron chi connectivity index (χ2n) is 2.13. The first-order valence-corrected chi connectivity index (χ1v) is 3.07. The minimum atomic E-state index is 0.286. The Hall–Kier alpha value is -0.790. The van der Waals surface area contributed by atoms with E-state index in [1.165, 1.54) is 0 Å². The standard InChI is InChI=1S/C7H10O2/c1-9-7-4-2-3-6(8)5-7/h4H,2-3,5H2,1H3. The van der Waals surface area contributed by atoms with Gasteiger partial charge in [-0.15, -0.1) is 0 Å². The van der Waals surface area contributed by atoms with Crippen molar-refractivity contribution in [2.45, 2.75) is 19.3 Å². The quantitative estimate of drug-likeness (QED) is 0.529. The van der Waals surface area contributed by atoms with E-state index in [1.54, 1.807) is 7.11 Å². The van der Waals surface area contributed by atoms with Crippen molar-refractivity contribution in [2.75, 3.05) is 7.11 Å². The molecule has 0 aromatic heterocycles. The third-order valence-electron chi connectivity index (χ3n) is 1.43. The van der Waals surface area contributed by atoms with Crippen LogP contribution in [0.25, 0.3) is 0 Å². The molecule has 0 aromatic carbocycles. The summed E-state index contributed by atoms with van der Waals surface area (Å²) >= 11 is 0. The van der Waals surface area contributed by atoms with E-state index in [2.05, 4.69) is 0 Å². The third kappa shape index (κ3) is 1.56. The molecule has 50 valence electrons. The largest absolute Gasteiger partial charge is 0.501 e.